The van der Waals surface area contributed by atoms with Gasteiger partial charge in [0.2, 0.25) is 0 Å². The summed E-state index contributed by atoms with van der Waals surface area (Å²) in [5, 5.41) is 13.7. The van der Waals surface area contributed by atoms with Crippen LogP contribution in [0.25, 0.3) is 10.9 Å². The van der Waals surface area contributed by atoms with Gasteiger partial charge in [0.05, 0.1) is 5.52 Å². The average Bonchev–Trinajstić information content (AvgIpc) is 2.39. The molecule has 0 aliphatic heterocycles. The molecule has 2 aromatic carbocycles. The highest BCUT2D eigenvalue weighted by Crippen LogP contribution is 2.23. The Bertz CT molecular complexity index is 695. The van der Waals surface area contributed by atoms with Crippen LogP contribution in [0.3, 0.4) is 0 Å². The summed E-state index contributed by atoms with van der Waals surface area (Å²) in [6, 6.07) is 17.0. The number of phenols is 1. The van der Waals surface area contributed by atoms with Crippen molar-refractivity contribution in [3.63, 3.8) is 0 Å². The molecule has 18 heavy (non-hydrogen) atoms. The number of hydrogen-bond acceptors (Lipinski definition) is 3. The summed E-state index contributed by atoms with van der Waals surface area (Å²) in [6.07, 6.45) is 1.78. The van der Waals surface area contributed by atoms with Gasteiger partial charge in [0, 0.05) is 29.0 Å². The largest absolute Gasteiger partial charge is 0.508 e. The highest BCUT2D eigenvalue weighted by molar-refractivity contribution is 5.83. The summed E-state index contributed by atoms with van der Waals surface area (Å²) in [4.78, 5) is 4.28. The van der Waals surface area contributed by atoms with E-state index < -0.39 is 0 Å². The maximum absolute atomic E-state index is 9.41. The number of pyridine rings is 1. The van der Waals surface area contributed by atoms with Crippen molar-refractivity contribution < 1.29 is 5.11 Å². The van der Waals surface area contributed by atoms with Crippen LogP contribution in [0.4, 0.5) is 11.4 Å². The minimum atomic E-state index is 0.252. The first-order valence-electron chi connectivity index (χ1n) is 5.72. The minimum Gasteiger partial charge on any atom is -0.508 e. The molecule has 0 aliphatic rings. The average molecular weight is 236 g/mol. The van der Waals surface area contributed by atoms with Crippen LogP contribution < -0.4 is 5.32 Å². The van der Waals surface area contributed by atoms with Crippen molar-refractivity contribution in [2.24, 2.45) is 0 Å². The molecule has 2 N–H and O–H groups in total. The molecule has 0 spiro atoms. The van der Waals surface area contributed by atoms with E-state index in [2.05, 4.69) is 10.3 Å². The number of hydrogen-bond donors (Lipinski definition) is 2. The molecule has 0 radical (unpaired) electrons. The molecule has 0 unspecified atom stereocenters. The standard InChI is InChI=1S/C15H12N2O/c18-14-5-1-4-12(10-14)17-13-6-7-15-11(9-13)3-2-8-16-15/h1-10,17-18H. The van der Waals surface area contributed by atoms with E-state index in [9.17, 15) is 5.11 Å². The Balaban J connectivity index is 1.95. The molecule has 0 aliphatic carbocycles. The molecular weight excluding hydrogens is 224 g/mol. The van der Waals surface area contributed by atoms with Gasteiger partial charge < -0.3 is 10.4 Å². The number of aromatic nitrogens is 1. The van der Waals surface area contributed by atoms with Gasteiger partial charge in [0.15, 0.2) is 0 Å². The Morgan fingerprint density at radius 3 is 2.67 bits per heavy atom. The zero-order valence-electron chi connectivity index (χ0n) is 9.67. The molecule has 0 atom stereocenters. The van der Waals surface area contributed by atoms with Gasteiger partial charge in [-0.3, -0.25) is 4.98 Å². The SMILES string of the molecule is Oc1cccc(Nc2ccc3ncccc3c2)c1. The third kappa shape index (κ3) is 2.11. The van der Waals surface area contributed by atoms with Crippen LogP contribution in [0.15, 0.2) is 60.8 Å². The van der Waals surface area contributed by atoms with Crippen LogP contribution in [0.1, 0.15) is 0 Å². The normalized spacial score (nSPS) is 10.4. The molecule has 3 nitrogen and oxygen atoms in total. The maximum atomic E-state index is 9.41. The van der Waals surface area contributed by atoms with Gasteiger partial charge in [-0.15, -0.1) is 0 Å². The van der Waals surface area contributed by atoms with Crippen molar-refractivity contribution in [3.05, 3.63) is 60.8 Å². The van der Waals surface area contributed by atoms with E-state index in [4.69, 9.17) is 0 Å². The lowest BCUT2D eigenvalue weighted by molar-refractivity contribution is 0.475. The number of rotatable bonds is 2. The van der Waals surface area contributed by atoms with E-state index >= 15 is 0 Å². The molecule has 0 bridgehead atoms. The Morgan fingerprint density at radius 2 is 1.78 bits per heavy atom. The number of phenolic OH excluding ortho intramolecular Hbond substituents is 1. The van der Waals surface area contributed by atoms with E-state index in [1.165, 1.54) is 0 Å². The molecule has 1 aromatic heterocycles. The predicted molar refractivity (Wildman–Crippen MR) is 73.1 cm³/mol. The zero-order chi connectivity index (χ0) is 12.4. The van der Waals surface area contributed by atoms with Crippen LogP contribution in [0.5, 0.6) is 5.75 Å². The van der Waals surface area contributed by atoms with Crippen LogP contribution >= 0.6 is 0 Å². The minimum absolute atomic E-state index is 0.252. The molecule has 0 amide bonds. The molecule has 0 saturated carbocycles. The molecule has 3 rings (SSSR count). The van der Waals surface area contributed by atoms with E-state index in [1.807, 2.05) is 36.4 Å². The highest BCUT2D eigenvalue weighted by Gasteiger charge is 1.98. The summed E-state index contributed by atoms with van der Waals surface area (Å²) in [5.41, 5.74) is 2.80. The van der Waals surface area contributed by atoms with E-state index in [1.54, 1.807) is 24.4 Å². The summed E-state index contributed by atoms with van der Waals surface area (Å²) < 4.78 is 0. The van der Waals surface area contributed by atoms with Gasteiger partial charge in [-0.2, -0.15) is 0 Å². The first kappa shape index (κ1) is 10.6. The monoisotopic (exact) mass is 236 g/mol. The van der Waals surface area contributed by atoms with Gasteiger partial charge in [0.1, 0.15) is 5.75 Å². The summed E-state index contributed by atoms with van der Waals surface area (Å²) in [5.74, 6) is 0.252. The molecule has 3 aromatic rings. The lowest BCUT2D eigenvalue weighted by Crippen LogP contribution is -1.90. The fourth-order valence-corrected chi connectivity index (χ4v) is 1.90. The van der Waals surface area contributed by atoms with Gasteiger partial charge >= 0.3 is 0 Å². The summed E-state index contributed by atoms with van der Waals surface area (Å²) in [7, 11) is 0. The Morgan fingerprint density at radius 1 is 0.889 bits per heavy atom. The molecule has 88 valence electrons. The summed E-state index contributed by atoms with van der Waals surface area (Å²) >= 11 is 0. The van der Waals surface area contributed by atoms with Crippen LogP contribution in [0, 0.1) is 0 Å². The van der Waals surface area contributed by atoms with Gasteiger partial charge in [0.25, 0.3) is 0 Å². The quantitative estimate of drug-likeness (QED) is 0.713. The lowest BCUT2D eigenvalue weighted by atomic mass is 10.2. The van der Waals surface area contributed by atoms with Crippen molar-refractivity contribution in [1.29, 1.82) is 0 Å². The van der Waals surface area contributed by atoms with Crippen molar-refractivity contribution in [2.45, 2.75) is 0 Å². The van der Waals surface area contributed by atoms with Gasteiger partial charge in [-0.05, 0) is 36.4 Å². The topological polar surface area (TPSA) is 45.1 Å². The second kappa shape index (κ2) is 4.37. The van der Waals surface area contributed by atoms with Crippen LogP contribution in [0.2, 0.25) is 0 Å². The van der Waals surface area contributed by atoms with E-state index in [0.717, 1.165) is 22.3 Å². The Labute approximate surface area is 105 Å². The van der Waals surface area contributed by atoms with Gasteiger partial charge in [-0.25, -0.2) is 0 Å². The number of nitrogens with one attached hydrogen (secondary N) is 1. The smallest absolute Gasteiger partial charge is 0.117 e. The molecule has 1 heterocycles. The zero-order valence-corrected chi connectivity index (χ0v) is 9.67. The third-order valence-electron chi connectivity index (χ3n) is 2.74. The molecular formula is C15H12N2O. The highest BCUT2D eigenvalue weighted by atomic mass is 16.3. The number of anilines is 2. The van der Waals surface area contributed by atoms with Crippen molar-refractivity contribution in [2.75, 3.05) is 5.32 Å². The fourth-order valence-electron chi connectivity index (χ4n) is 1.90. The van der Waals surface area contributed by atoms with E-state index in [-0.39, 0.29) is 5.75 Å². The van der Waals surface area contributed by atoms with Gasteiger partial charge in [-0.1, -0.05) is 12.1 Å². The predicted octanol–water partition coefficient (Wildman–Crippen LogP) is 3.68. The summed E-state index contributed by atoms with van der Waals surface area (Å²) in [6.45, 7) is 0. The second-order valence-electron chi connectivity index (χ2n) is 4.09. The first-order valence-corrected chi connectivity index (χ1v) is 5.72. The maximum Gasteiger partial charge on any atom is 0.117 e. The fraction of sp³-hybridized carbons (Fsp3) is 0. The number of benzene rings is 2. The van der Waals surface area contributed by atoms with Crippen LogP contribution in [-0.4, -0.2) is 10.1 Å². The number of nitrogens with zero attached hydrogens (tertiary/aromatic N) is 1. The Kier molecular flexibility index (Phi) is 2.57. The lowest BCUT2D eigenvalue weighted by Gasteiger charge is -2.07. The second-order valence-corrected chi connectivity index (χ2v) is 4.09. The van der Waals surface area contributed by atoms with Crippen LogP contribution in [-0.2, 0) is 0 Å². The van der Waals surface area contributed by atoms with Crippen molar-refractivity contribution in [3.8, 4) is 5.75 Å². The molecule has 0 saturated heterocycles. The van der Waals surface area contributed by atoms with Crippen molar-refractivity contribution >= 4 is 22.3 Å². The Hall–Kier alpha value is -2.55. The van der Waals surface area contributed by atoms with Crippen molar-refractivity contribution in [1.82, 2.24) is 4.98 Å². The third-order valence-corrected chi connectivity index (χ3v) is 2.74. The molecule has 3 heteroatoms. The number of aromatic hydroxyl groups is 1. The van der Waals surface area contributed by atoms with E-state index in [0.29, 0.717) is 0 Å². The number of fused-ring (bicyclic) bond motifs is 1. The first-order chi connectivity index (χ1) is 8.81. The molecule has 0 fully saturated rings.